The van der Waals surface area contributed by atoms with Crippen LogP contribution < -0.4 is 10.1 Å². The maximum absolute atomic E-state index is 13.7. The normalized spacial score (nSPS) is 10.3. The van der Waals surface area contributed by atoms with Crippen LogP contribution >= 0.6 is 15.9 Å². The summed E-state index contributed by atoms with van der Waals surface area (Å²) >= 11 is 3.28. The van der Waals surface area contributed by atoms with Crippen LogP contribution in [0.3, 0.4) is 0 Å². The van der Waals surface area contributed by atoms with Crippen molar-refractivity contribution in [2.24, 2.45) is 0 Å². The van der Waals surface area contributed by atoms with Gasteiger partial charge in [0.1, 0.15) is 12.1 Å². The van der Waals surface area contributed by atoms with Gasteiger partial charge in [0.25, 0.3) is 0 Å². The van der Waals surface area contributed by atoms with E-state index in [1.54, 1.807) is 19.2 Å². The van der Waals surface area contributed by atoms with Gasteiger partial charge in [0.15, 0.2) is 11.6 Å². The lowest BCUT2D eigenvalue weighted by Gasteiger charge is -2.12. The lowest BCUT2D eigenvalue weighted by Crippen LogP contribution is -2.03. The third-order valence-corrected chi connectivity index (χ3v) is 3.09. The third-order valence-electron chi connectivity index (χ3n) is 2.60. The summed E-state index contributed by atoms with van der Waals surface area (Å²) in [6.07, 6.45) is 2.07. The summed E-state index contributed by atoms with van der Waals surface area (Å²) in [4.78, 5) is 8.17. The van der Waals surface area contributed by atoms with Crippen molar-refractivity contribution in [1.29, 1.82) is 0 Å². The molecule has 0 radical (unpaired) electrons. The summed E-state index contributed by atoms with van der Waals surface area (Å²) in [5.41, 5.74) is 0.810. The second-order valence-electron chi connectivity index (χ2n) is 3.79. The van der Waals surface area contributed by atoms with E-state index in [4.69, 9.17) is 4.74 Å². The van der Waals surface area contributed by atoms with Gasteiger partial charge in [-0.25, -0.2) is 14.4 Å². The smallest absolute Gasteiger partial charge is 0.227 e. The summed E-state index contributed by atoms with van der Waals surface area (Å²) in [6.45, 7) is 1.96. The number of halogens is 2. The van der Waals surface area contributed by atoms with Gasteiger partial charge in [-0.15, -0.1) is 0 Å². The first-order valence-corrected chi connectivity index (χ1v) is 6.59. The molecule has 0 aliphatic rings. The highest BCUT2D eigenvalue weighted by atomic mass is 79.9. The van der Waals surface area contributed by atoms with Crippen molar-refractivity contribution >= 4 is 21.7 Å². The van der Waals surface area contributed by atoms with Crippen LogP contribution in [0, 0.1) is 5.82 Å². The number of hydrogen-bond acceptors (Lipinski definition) is 4. The van der Waals surface area contributed by atoms with E-state index in [9.17, 15) is 4.39 Å². The quantitative estimate of drug-likeness (QED) is 0.929. The van der Waals surface area contributed by atoms with E-state index in [0.717, 1.165) is 10.0 Å². The Morgan fingerprint density at radius 1 is 1.37 bits per heavy atom. The summed E-state index contributed by atoms with van der Waals surface area (Å²) in [6, 6.07) is 4.52. The molecule has 0 amide bonds. The molecule has 1 aromatic carbocycles. The van der Waals surface area contributed by atoms with E-state index in [-0.39, 0.29) is 5.75 Å². The predicted octanol–water partition coefficient (Wildman–Crippen LogP) is 3.77. The largest absolute Gasteiger partial charge is 0.435 e. The van der Waals surface area contributed by atoms with Crippen molar-refractivity contribution in [3.05, 3.63) is 40.4 Å². The van der Waals surface area contributed by atoms with Crippen LogP contribution in [0.2, 0.25) is 0 Å². The van der Waals surface area contributed by atoms with Gasteiger partial charge in [0.05, 0.1) is 5.56 Å². The fourth-order valence-corrected chi connectivity index (χ4v) is 2.02. The predicted molar refractivity (Wildman–Crippen MR) is 75.1 cm³/mol. The zero-order chi connectivity index (χ0) is 13.8. The maximum atomic E-state index is 13.7. The topological polar surface area (TPSA) is 47.0 Å². The Kier molecular flexibility index (Phi) is 4.31. The Hall–Kier alpha value is -1.69. The van der Waals surface area contributed by atoms with E-state index in [1.165, 1.54) is 12.4 Å². The Bertz CT molecular complexity index is 592. The first-order valence-electron chi connectivity index (χ1n) is 5.80. The first kappa shape index (κ1) is 13.7. The van der Waals surface area contributed by atoms with Crippen molar-refractivity contribution in [3.8, 4) is 11.6 Å². The molecule has 2 rings (SSSR count). The maximum Gasteiger partial charge on any atom is 0.227 e. The van der Waals surface area contributed by atoms with E-state index < -0.39 is 5.82 Å². The Morgan fingerprint density at radius 2 is 2.16 bits per heavy atom. The van der Waals surface area contributed by atoms with Crippen LogP contribution in [-0.4, -0.2) is 17.0 Å². The minimum atomic E-state index is -0.435. The van der Waals surface area contributed by atoms with Gasteiger partial charge in [-0.3, -0.25) is 0 Å². The molecular weight excluding hydrogens is 313 g/mol. The molecule has 0 fully saturated rings. The molecule has 0 aliphatic carbocycles. The van der Waals surface area contributed by atoms with Gasteiger partial charge in [-0.05, 0) is 24.6 Å². The zero-order valence-corrected chi connectivity index (χ0v) is 12.2. The first-order chi connectivity index (χ1) is 9.15. The molecule has 0 aliphatic heterocycles. The number of anilines is 1. The van der Waals surface area contributed by atoms with Crippen LogP contribution in [-0.2, 0) is 6.42 Å². The number of hydrogen-bond donors (Lipinski definition) is 1. The third kappa shape index (κ3) is 3.01. The Labute approximate surface area is 119 Å². The molecule has 1 N–H and O–H groups in total. The molecular formula is C13H13BrFN3O. The van der Waals surface area contributed by atoms with Crippen LogP contribution in [0.4, 0.5) is 10.2 Å². The highest BCUT2D eigenvalue weighted by molar-refractivity contribution is 9.10. The molecule has 0 saturated heterocycles. The molecule has 0 spiro atoms. The van der Waals surface area contributed by atoms with Crippen molar-refractivity contribution in [3.63, 3.8) is 0 Å². The van der Waals surface area contributed by atoms with Gasteiger partial charge in [0.2, 0.25) is 5.88 Å². The Morgan fingerprint density at radius 3 is 2.84 bits per heavy atom. The van der Waals surface area contributed by atoms with Crippen LogP contribution in [0.1, 0.15) is 12.5 Å². The number of benzene rings is 1. The summed E-state index contributed by atoms with van der Waals surface area (Å²) in [5, 5.41) is 2.96. The standard InChI is InChI=1S/C13H13BrFN3O/c1-3-9-12(16-2)17-7-18-13(9)19-11-6-8(14)4-5-10(11)15/h4-7H,3H2,1-2H3,(H,16,17,18). The van der Waals surface area contributed by atoms with E-state index in [0.29, 0.717) is 18.1 Å². The average Bonchev–Trinajstić information content (AvgIpc) is 2.42. The molecule has 1 aromatic heterocycles. The molecule has 2 aromatic rings. The van der Waals surface area contributed by atoms with Gasteiger partial charge in [0, 0.05) is 11.5 Å². The number of nitrogens with one attached hydrogen (secondary N) is 1. The van der Waals surface area contributed by atoms with Crippen LogP contribution in [0.5, 0.6) is 11.6 Å². The number of rotatable bonds is 4. The number of ether oxygens (including phenoxy) is 1. The SMILES string of the molecule is CCc1c(NC)ncnc1Oc1cc(Br)ccc1F. The lowest BCUT2D eigenvalue weighted by atomic mass is 10.2. The van der Waals surface area contributed by atoms with Gasteiger partial charge in [-0.2, -0.15) is 0 Å². The molecule has 6 heteroatoms. The summed E-state index contributed by atoms with van der Waals surface area (Å²) in [7, 11) is 1.77. The minimum absolute atomic E-state index is 0.129. The van der Waals surface area contributed by atoms with Gasteiger partial charge in [-0.1, -0.05) is 22.9 Å². The summed E-state index contributed by atoms with van der Waals surface area (Å²) < 4.78 is 20.0. The molecule has 0 atom stereocenters. The molecule has 4 nitrogen and oxygen atoms in total. The molecule has 0 saturated carbocycles. The van der Waals surface area contributed by atoms with Crippen LogP contribution in [0.15, 0.2) is 29.0 Å². The molecule has 100 valence electrons. The van der Waals surface area contributed by atoms with Crippen molar-refractivity contribution < 1.29 is 9.13 Å². The van der Waals surface area contributed by atoms with Crippen molar-refractivity contribution in [1.82, 2.24) is 9.97 Å². The molecule has 1 heterocycles. The van der Waals surface area contributed by atoms with E-state index >= 15 is 0 Å². The fourth-order valence-electron chi connectivity index (χ4n) is 1.68. The van der Waals surface area contributed by atoms with Crippen LogP contribution in [0.25, 0.3) is 0 Å². The highest BCUT2D eigenvalue weighted by Crippen LogP contribution is 2.30. The number of aromatic nitrogens is 2. The second-order valence-corrected chi connectivity index (χ2v) is 4.70. The zero-order valence-electron chi connectivity index (χ0n) is 10.6. The van der Waals surface area contributed by atoms with Crippen molar-refractivity contribution in [2.45, 2.75) is 13.3 Å². The fraction of sp³-hybridized carbons (Fsp3) is 0.231. The lowest BCUT2D eigenvalue weighted by molar-refractivity contribution is 0.422. The molecule has 19 heavy (non-hydrogen) atoms. The number of nitrogens with zero attached hydrogens (tertiary/aromatic N) is 2. The highest BCUT2D eigenvalue weighted by Gasteiger charge is 2.13. The summed E-state index contributed by atoms with van der Waals surface area (Å²) in [5.74, 6) is 0.737. The average molecular weight is 326 g/mol. The van der Waals surface area contributed by atoms with Gasteiger partial charge < -0.3 is 10.1 Å². The molecule has 0 unspecified atom stereocenters. The van der Waals surface area contributed by atoms with E-state index in [1.807, 2.05) is 6.92 Å². The van der Waals surface area contributed by atoms with Gasteiger partial charge >= 0.3 is 0 Å². The second kappa shape index (κ2) is 5.97. The monoisotopic (exact) mass is 325 g/mol. The molecule has 0 bridgehead atoms. The minimum Gasteiger partial charge on any atom is -0.435 e. The Balaban J connectivity index is 2.40. The van der Waals surface area contributed by atoms with Crippen molar-refractivity contribution in [2.75, 3.05) is 12.4 Å². The van der Waals surface area contributed by atoms with E-state index in [2.05, 4.69) is 31.2 Å².